The minimum atomic E-state index is -0.291. The van der Waals surface area contributed by atoms with Crippen molar-refractivity contribution < 1.29 is 4.79 Å². The third-order valence-corrected chi connectivity index (χ3v) is 4.38. The molecule has 1 saturated heterocycles. The van der Waals surface area contributed by atoms with Gasteiger partial charge in [0.2, 0.25) is 5.91 Å². The summed E-state index contributed by atoms with van der Waals surface area (Å²) in [6.07, 6.45) is 0.945. The highest BCUT2D eigenvalue weighted by molar-refractivity contribution is 9.10. The molecule has 104 valence electrons. The van der Waals surface area contributed by atoms with Crippen LogP contribution in [0, 0.1) is 0 Å². The second kappa shape index (κ2) is 5.92. The van der Waals surface area contributed by atoms with Gasteiger partial charge in [0.25, 0.3) is 0 Å². The number of nitrogens with zero attached hydrogens (tertiary/aromatic N) is 2. The highest BCUT2D eigenvalue weighted by Gasteiger charge is 2.34. The van der Waals surface area contributed by atoms with Crippen LogP contribution in [0.1, 0.15) is 13.3 Å². The molecular formula is C14H20BrN3O. The summed E-state index contributed by atoms with van der Waals surface area (Å²) < 4.78 is 0.998. The van der Waals surface area contributed by atoms with E-state index in [1.54, 1.807) is 4.90 Å². The molecule has 1 heterocycles. The molecule has 1 amide bonds. The molecule has 2 N–H and O–H groups in total. The van der Waals surface area contributed by atoms with Gasteiger partial charge < -0.3 is 15.5 Å². The smallest absolute Gasteiger partial charge is 0.246 e. The fourth-order valence-corrected chi connectivity index (χ4v) is 3.08. The monoisotopic (exact) mass is 325 g/mol. The first-order chi connectivity index (χ1) is 9.06. The van der Waals surface area contributed by atoms with E-state index in [0.29, 0.717) is 6.54 Å². The van der Waals surface area contributed by atoms with Gasteiger partial charge in [-0.05, 0) is 41.4 Å². The lowest BCUT2D eigenvalue weighted by molar-refractivity contribution is -0.130. The summed E-state index contributed by atoms with van der Waals surface area (Å²) in [6.45, 7) is 3.25. The van der Waals surface area contributed by atoms with Crippen LogP contribution in [0.3, 0.4) is 0 Å². The highest BCUT2D eigenvalue weighted by Crippen LogP contribution is 2.31. The molecule has 1 fully saturated rings. The number of halogens is 1. The standard InChI is InChI=1S/C14H20BrN3O/c1-10-7-8-17(2)14(19)13(9-16)18(10)12-6-4-3-5-11(12)15/h3-6,10,13H,7-9,16H2,1-2H3. The van der Waals surface area contributed by atoms with Crippen LogP contribution in [0.2, 0.25) is 0 Å². The fraction of sp³-hybridized carbons (Fsp3) is 0.500. The molecule has 0 saturated carbocycles. The summed E-state index contributed by atoms with van der Waals surface area (Å²) in [4.78, 5) is 16.3. The van der Waals surface area contributed by atoms with E-state index >= 15 is 0 Å². The SMILES string of the molecule is CC1CCN(C)C(=O)C(CN)N1c1ccccc1Br. The Morgan fingerprint density at radius 1 is 1.42 bits per heavy atom. The predicted octanol–water partition coefficient (Wildman–Crippen LogP) is 1.83. The van der Waals surface area contributed by atoms with Crippen LogP contribution in [-0.2, 0) is 4.79 Å². The Labute approximate surface area is 122 Å². The maximum absolute atomic E-state index is 12.4. The average Bonchev–Trinajstić information content (AvgIpc) is 2.51. The first kappa shape index (κ1) is 14.3. The van der Waals surface area contributed by atoms with Gasteiger partial charge in [0.15, 0.2) is 0 Å². The summed E-state index contributed by atoms with van der Waals surface area (Å²) >= 11 is 3.57. The summed E-state index contributed by atoms with van der Waals surface area (Å²) in [5, 5.41) is 0. The number of para-hydroxylation sites is 1. The molecule has 1 aliphatic rings. The van der Waals surface area contributed by atoms with Crippen LogP contribution >= 0.6 is 15.9 Å². The van der Waals surface area contributed by atoms with Gasteiger partial charge in [0.05, 0.1) is 5.69 Å². The minimum absolute atomic E-state index is 0.0996. The number of carbonyl (C=O) groups is 1. The molecule has 2 atom stereocenters. The summed E-state index contributed by atoms with van der Waals surface area (Å²) in [7, 11) is 1.85. The van der Waals surface area contributed by atoms with Gasteiger partial charge >= 0.3 is 0 Å². The first-order valence-electron chi connectivity index (χ1n) is 6.54. The van der Waals surface area contributed by atoms with Crippen molar-refractivity contribution >= 4 is 27.5 Å². The van der Waals surface area contributed by atoms with E-state index in [9.17, 15) is 4.79 Å². The number of carbonyl (C=O) groups excluding carboxylic acids is 1. The Balaban J connectivity index is 2.44. The van der Waals surface area contributed by atoms with E-state index < -0.39 is 0 Å². The number of hydrogen-bond donors (Lipinski definition) is 1. The molecule has 0 bridgehead atoms. The van der Waals surface area contributed by atoms with Crippen LogP contribution < -0.4 is 10.6 Å². The zero-order chi connectivity index (χ0) is 14.0. The van der Waals surface area contributed by atoms with Gasteiger partial charge in [-0.3, -0.25) is 4.79 Å². The van der Waals surface area contributed by atoms with E-state index in [1.165, 1.54) is 0 Å². The van der Waals surface area contributed by atoms with Gasteiger partial charge in [-0.2, -0.15) is 0 Å². The Morgan fingerprint density at radius 3 is 2.74 bits per heavy atom. The zero-order valence-corrected chi connectivity index (χ0v) is 12.9. The molecule has 1 aromatic carbocycles. The van der Waals surface area contributed by atoms with Crippen LogP contribution in [0.4, 0.5) is 5.69 Å². The van der Waals surface area contributed by atoms with E-state index in [0.717, 1.165) is 23.1 Å². The largest absolute Gasteiger partial charge is 0.355 e. The Morgan fingerprint density at radius 2 is 2.11 bits per heavy atom. The van der Waals surface area contributed by atoms with Crippen molar-refractivity contribution in [2.24, 2.45) is 5.73 Å². The zero-order valence-electron chi connectivity index (χ0n) is 11.3. The van der Waals surface area contributed by atoms with E-state index in [-0.39, 0.29) is 18.0 Å². The maximum Gasteiger partial charge on any atom is 0.246 e. The molecule has 5 heteroatoms. The van der Waals surface area contributed by atoms with Gasteiger partial charge in [0.1, 0.15) is 6.04 Å². The van der Waals surface area contributed by atoms with Crippen LogP contribution in [-0.4, -0.2) is 43.0 Å². The molecule has 0 aliphatic carbocycles. The second-order valence-electron chi connectivity index (χ2n) is 5.01. The average molecular weight is 326 g/mol. The Bertz CT molecular complexity index is 466. The molecule has 4 nitrogen and oxygen atoms in total. The molecule has 2 rings (SSSR count). The summed E-state index contributed by atoms with van der Waals surface area (Å²) in [6, 6.07) is 7.97. The normalized spacial score (nSPS) is 24.5. The van der Waals surface area contributed by atoms with Crippen molar-refractivity contribution in [2.75, 3.05) is 25.0 Å². The first-order valence-corrected chi connectivity index (χ1v) is 7.33. The molecule has 0 spiro atoms. The third-order valence-electron chi connectivity index (χ3n) is 3.71. The number of hydrogen-bond acceptors (Lipinski definition) is 3. The van der Waals surface area contributed by atoms with Crippen molar-refractivity contribution in [3.63, 3.8) is 0 Å². The molecule has 0 aromatic heterocycles. The number of rotatable bonds is 2. The van der Waals surface area contributed by atoms with Crippen molar-refractivity contribution in [2.45, 2.75) is 25.4 Å². The molecule has 1 aliphatic heterocycles. The lowest BCUT2D eigenvalue weighted by Crippen LogP contribution is -2.51. The third kappa shape index (κ3) is 2.77. The van der Waals surface area contributed by atoms with Gasteiger partial charge in [-0.1, -0.05) is 12.1 Å². The van der Waals surface area contributed by atoms with Gasteiger partial charge in [-0.15, -0.1) is 0 Å². The molecular weight excluding hydrogens is 306 g/mol. The summed E-state index contributed by atoms with van der Waals surface area (Å²) in [5.74, 6) is 0.0996. The molecule has 2 unspecified atom stereocenters. The lowest BCUT2D eigenvalue weighted by atomic mass is 10.1. The number of anilines is 1. The maximum atomic E-state index is 12.4. The van der Waals surface area contributed by atoms with Crippen molar-refractivity contribution in [1.29, 1.82) is 0 Å². The van der Waals surface area contributed by atoms with Gasteiger partial charge in [-0.25, -0.2) is 0 Å². The van der Waals surface area contributed by atoms with Crippen molar-refractivity contribution in [3.05, 3.63) is 28.7 Å². The van der Waals surface area contributed by atoms with Gasteiger partial charge in [0, 0.05) is 30.7 Å². The van der Waals surface area contributed by atoms with Crippen LogP contribution in [0.5, 0.6) is 0 Å². The van der Waals surface area contributed by atoms with Crippen LogP contribution in [0.15, 0.2) is 28.7 Å². The molecule has 1 aromatic rings. The lowest BCUT2D eigenvalue weighted by Gasteiger charge is -2.35. The fourth-order valence-electron chi connectivity index (χ4n) is 2.59. The van der Waals surface area contributed by atoms with E-state index in [2.05, 4.69) is 27.8 Å². The number of nitrogens with two attached hydrogens (primary N) is 1. The molecule has 0 radical (unpaired) electrons. The molecule has 19 heavy (non-hydrogen) atoms. The van der Waals surface area contributed by atoms with E-state index in [1.807, 2.05) is 31.3 Å². The van der Waals surface area contributed by atoms with Crippen molar-refractivity contribution in [1.82, 2.24) is 4.90 Å². The van der Waals surface area contributed by atoms with Crippen LogP contribution in [0.25, 0.3) is 0 Å². The second-order valence-corrected chi connectivity index (χ2v) is 5.86. The van der Waals surface area contributed by atoms with Crippen molar-refractivity contribution in [3.8, 4) is 0 Å². The Hall–Kier alpha value is -1.07. The summed E-state index contributed by atoms with van der Waals surface area (Å²) in [5.41, 5.74) is 6.90. The van der Waals surface area contributed by atoms with E-state index in [4.69, 9.17) is 5.73 Å². The topological polar surface area (TPSA) is 49.6 Å². The minimum Gasteiger partial charge on any atom is -0.355 e. The predicted molar refractivity (Wildman–Crippen MR) is 81.2 cm³/mol. The highest BCUT2D eigenvalue weighted by atomic mass is 79.9. The Kier molecular flexibility index (Phi) is 4.47. The number of benzene rings is 1. The number of likely N-dealkylation sites (N-methyl/N-ethyl adjacent to an activating group) is 1. The quantitative estimate of drug-likeness (QED) is 0.902. The number of amides is 1.